The second-order valence-corrected chi connectivity index (χ2v) is 7.10. The first-order valence-corrected chi connectivity index (χ1v) is 10.3. The molecule has 0 aromatic heterocycles. The number of methoxy groups -OCH3 is 1. The van der Waals surface area contributed by atoms with Crippen molar-refractivity contribution in [2.75, 3.05) is 17.7 Å². The fourth-order valence-electron chi connectivity index (χ4n) is 2.86. The van der Waals surface area contributed by atoms with Crippen LogP contribution in [-0.4, -0.2) is 31.0 Å². The molecule has 9 heteroatoms. The third-order valence-corrected chi connectivity index (χ3v) is 4.47. The number of anilines is 2. The first-order valence-electron chi connectivity index (χ1n) is 10.3. The van der Waals surface area contributed by atoms with Crippen molar-refractivity contribution in [3.63, 3.8) is 0 Å². The summed E-state index contributed by atoms with van der Waals surface area (Å²) in [5.41, 5.74) is 4.81. The second kappa shape index (κ2) is 11.8. The fraction of sp³-hybridized carbons (Fsp3) is 0.120. The van der Waals surface area contributed by atoms with Gasteiger partial charge in [-0.2, -0.15) is 5.10 Å². The van der Waals surface area contributed by atoms with Crippen LogP contribution in [0.4, 0.5) is 11.4 Å². The molecule has 174 valence electrons. The normalized spacial score (nSPS) is 10.4. The molecule has 0 bridgehead atoms. The Labute approximate surface area is 196 Å². The lowest BCUT2D eigenvalue weighted by atomic mass is 10.2. The third kappa shape index (κ3) is 7.20. The monoisotopic (exact) mass is 460 g/mol. The summed E-state index contributed by atoms with van der Waals surface area (Å²) in [7, 11) is 1.53. The summed E-state index contributed by atoms with van der Waals surface area (Å²) in [5, 5.41) is 8.88. The van der Waals surface area contributed by atoms with Crippen LogP contribution in [-0.2, 0) is 21.0 Å². The van der Waals surface area contributed by atoms with E-state index in [1.54, 1.807) is 42.5 Å². The predicted molar refractivity (Wildman–Crippen MR) is 129 cm³/mol. The van der Waals surface area contributed by atoms with Gasteiger partial charge in [-0.15, -0.1) is 0 Å². The highest BCUT2D eigenvalue weighted by Crippen LogP contribution is 2.28. The van der Waals surface area contributed by atoms with Crippen LogP contribution in [0.3, 0.4) is 0 Å². The van der Waals surface area contributed by atoms with Crippen molar-refractivity contribution in [3.05, 3.63) is 83.9 Å². The Hall–Kier alpha value is -4.66. The maximum Gasteiger partial charge on any atom is 0.329 e. The van der Waals surface area contributed by atoms with Crippen molar-refractivity contribution in [1.82, 2.24) is 5.43 Å². The van der Waals surface area contributed by atoms with E-state index in [2.05, 4.69) is 21.2 Å². The van der Waals surface area contributed by atoms with Crippen LogP contribution in [0.2, 0.25) is 0 Å². The molecule has 3 aromatic rings. The van der Waals surface area contributed by atoms with Gasteiger partial charge in [-0.25, -0.2) is 5.43 Å². The van der Waals surface area contributed by atoms with E-state index >= 15 is 0 Å². The lowest BCUT2D eigenvalue weighted by Gasteiger charge is -2.11. The van der Waals surface area contributed by atoms with Gasteiger partial charge in [0.2, 0.25) is 5.91 Å². The number of hydrogen-bond donors (Lipinski definition) is 3. The van der Waals surface area contributed by atoms with Crippen LogP contribution >= 0.6 is 0 Å². The molecule has 0 spiro atoms. The number of carbonyl (C=O) groups is 3. The maximum absolute atomic E-state index is 12.0. The average Bonchev–Trinajstić information content (AvgIpc) is 2.84. The molecule has 0 fully saturated rings. The lowest BCUT2D eigenvalue weighted by molar-refractivity contribution is -0.136. The van der Waals surface area contributed by atoms with Crippen molar-refractivity contribution in [1.29, 1.82) is 0 Å². The van der Waals surface area contributed by atoms with Gasteiger partial charge in [0.1, 0.15) is 6.61 Å². The van der Waals surface area contributed by atoms with Crippen molar-refractivity contribution in [2.45, 2.75) is 13.5 Å². The van der Waals surface area contributed by atoms with Gasteiger partial charge < -0.3 is 20.1 Å². The van der Waals surface area contributed by atoms with E-state index in [-0.39, 0.29) is 5.91 Å². The number of amides is 3. The molecule has 0 unspecified atom stereocenters. The molecule has 9 nitrogen and oxygen atoms in total. The Balaban J connectivity index is 1.52. The minimum Gasteiger partial charge on any atom is -0.493 e. The molecular weight excluding hydrogens is 436 g/mol. The Morgan fingerprint density at radius 1 is 0.853 bits per heavy atom. The summed E-state index contributed by atoms with van der Waals surface area (Å²) in [4.78, 5) is 35.1. The number of ether oxygens (including phenoxy) is 2. The van der Waals surface area contributed by atoms with Gasteiger partial charge in [0.05, 0.1) is 13.3 Å². The van der Waals surface area contributed by atoms with Crippen molar-refractivity contribution in [3.8, 4) is 11.5 Å². The highest BCUT2D eigenvalue weighted by Gasteiger charge is 2.13. The van der Waals surface area contributed by atoms with Gasteiger partial charge in [-0.3, -0.25) is 14.4 Å². The van der Waals surface area contributed by atoms with Gasteiger partial charge in [-0.05, 0) is 53.6 Å². The van der Waals surface area contributed by atoms with Crippen molar-refractivity contribution >= 4 is 35.3 Å². The molecular formula is C25H24N4O5. The summed E-state index contributed by atoms with van der Waals surface area (Å²) in [6, 6.07) is 21.3. The van der Waals surface area contributed by atoms with Crippen LogP contribution in [0.25, 0.3) is 0 Å². The smallest absolute Gasteiger partial charge is 0.329 e. The number of hydrazone groups is 1. The molecule has 0 aliphatic carbocycles. The molecule has 0 aliphatic heterocycles. The van der Waals surface area contributed by atoms with E-state index < -0.39 is 11.8 Å². The molecule has 34 heavy (non-hydrogen) atoms. The number of nitrogens with zero attached hydrogens (tertiary/aromatic N) is 1. The first kappa shape index (κ1) is 24.0. The average molecular weight is 460 g/mol. The Morgan fingerprint density at radius 2 is 1.53 bits per heavy atom. The van der Waals surface area contributed by atoms with Gasteiger partial charge in [0, 0.05) is 18.3 Å². The lowest BCUT2D eigenvalue weighted by Crippen LogP contribution is -2.32. The molecule has 0 heterocycles. The minimum atomic E-state index is -0.933. The summed E-state index contributed by atoms with van der Waals surface area (Å²) in [6.45, 7) is 1.79. The number of rotatable bonds is 8. The summed E-state index contributed by atoms with van der Waals surface area (Å²) in [5.74, 6) is -0.951. The molecule has 0 atom stereocenters. The van der Waals surface area contributed by atoms with Gasteiger partial charge in [0.25, 0.3) is 0 Å². The molecule has 0 saturated carbocycles. The Bertz CT molecular complexity index is 1180. The number of hydrogen-bond acceptors (Lipinski definition) is 6. The van der Waals surface area contributed by atoms with Crippen molar-refractivity contribution in [2.24, 2.45) is 5.10 Å². The summed E-state index contributed by atoms with van der Waals surface area (Å²) >= 11 is 0. The van der Waals surface area contributed by atoms with Gasteiger partial charge >= 0.3 is 11.8 Å². The Morgan fingerprint density at radius 3 is 2.18 bits per heavy atom. The molecule has 0 aliphatic rings. The SMILES string of the molecule is COc1cc(/C=N/NC(=O)C(=O)Nc2ccc(NC(C)=O)cc2)ccc1OCc1ccccc1. The van der Waals surface area contributed by atoms with E-state index in [4.69, 9.17) is 9.47 Å². The van der Waals surface area contributed by atoms with Gasteiger partial charge in [0.15, 0.2) is 11.5 Å². The highest BCUT2D eigenvalue weighted by molar-refractivity contribution is 6.39. The summed E-state index contributed by atoms with van der Waals surface area (Å²) in [6.07, 6.45) is 1.39. The van der Waals surface area contributed by atoms with E-state index in [0.29, 0.717) is 35.0 Å². The second-order valence-electron chi connectivity index (χ2n) is 7.10. The van der Waals surface area contributed by atoms with E-state index in [1.165, 1.54) is 20.2 Å². The predicted octanol–water partition coefficient (Wildman–Crippen LogP) is 3.32. The van der Waals surface area contributed by atoms with Crippen molar-refractivity contribution < 1.29 is 23.9 Å². The van der Waals surface area contributed by atoms with E-state index in [9.17, 15) is 14.4 Å². The van der Waals surface area contributed by atoms with E-state index in [1.807, 2.05) is 30.3 Å². The highest BCUT2D eigenvalue weighted by atomic mass is 16.5. The largest absolute Gasteiger partial charge is 0.493 e. The number of carbonyl (C=O) groups excluding carboxylic acids is 3. The molecule has 3 rings (SSSR count). The zero-order valence-corrected chi connectivity index (χ0v) is 18.7. The standard InChI is InChI=1S/C25H24N4O5/c1-17(30)27-20-9-11-21(12-10-20)28-24(31)25(32)29-26-15-19-8-13-22(23(14-19)33-2)34-16-18-6-4-3-5-7-18/h3-15H,16H2,1-2H3,(H,27,30)(H,28,31)(H,29,32)/b26-15+. The molecule has 3 aromatic carbocycles. The van der Waals surface area contributed by atoms with Crippen LogP contribution < -0.4 is 25.5 Å². The minimum absolute atomic E-state index is 0.207. The topological polar surface area (TPSA) is 118 Å². The van der Waals surface area contributed by atoms with Gasteiger partial charge in [-0.1, -0.05) is 30.3 Å². The molecule has 0 saturated heterocycles. The molecule has 3 amide bonds. The fourth-order valence-corrected chi connectivity index (χ4v) is 2.86. The van der Waals surface area contributed by atoms with Crippen LogP contribution in [0, 0.1) is 0 Å². The zero-order chi connectivity index (χ0) is 24.3. The zero-order valence-electron chi connectivity index (χ0n) is 18.7. The van der Waals surface area contributed by atoms with E-state index in [0.717, 1.165) is 5.56 Å². The Kier molecular flexibility index (Phi) is 8.34. The number of benzene rings is 3. The third-order valence-electron chi connectivity index (χ3n) is 4.47. The first-order chi connectivity index (χ1) is 16.4. The number of nitrogens with one attached hydrogen (secondary N) is 3. The molecule has 3 N–H and O–H groups in total. The van der Waals surface area contributed by atoms with Crippen LogP contribution in [0.1, 0.15) is 18.1 Å². The molecule has 0 radical (unpaired) electrons. The van der Waals surface area contributed by atoms with Crippen LogP contribution in [0.5, 0.6) is 11.5 Å². The summed E-state index contributed by atoms with van der Waals surface area (Å²) < 4.78 is 11.2. The van der Waals surface area contributed by atoms with Crippen LogP contribution in [0.15, 0.2) is 77.9 Å². The maximum atomic E-state index is 12.0. The quantitative estimate of drug-likeness (QED) is 0.271.